The van der Waals surface area contributed by atoms with Gasteiger partial charge in [0.15, 0.2) is 0 Å². The number of hydrogen-bond acceptors (Lipinski definition) is 1. The highest BCUT2D eigenvalue weighted by Gasteiger charge is 2.13. The van der Waals surface area contributed by atoms with Crippen LogP contribution in [0.2, 0.25) is 10.0 Å². The largest absolute Gasteiger partial charge is 0.388 e. The van der Waals surface area contributed by atoms with Gasteiger partial charge in [-0.3, -0.25) is 0 Å². The zero-order chi connectivity index (χ0) is 13.1. The van der Waals surface area contributed by atoms with Gasteiger partial charge in [-0.05, 0) is 35.7 Å². The summed E-state index contributed by atoms with van der Waals surface area (Å²) >= 11 is 12.2. The Labute approximate surface area is 117 Å². The fraction of sp³-hybridized carbons (Fsp3) is 0.200. The summed E-state index contributed by atoms with van der Waals surface area (Å²) in [6.07, 6.45) is -0.179. The molecule has 2 aromatic rings. The van der Waals surface area contributed by atoms with E-state index in [0.717, 1.165) is 16.7 Å². The molecule has 0 amide bonds. The normalized spacial score (nSPS) is 12.4. The standard InChI is InChI=1S/C15H14Cl2O/c1-10-6-7-11(14(17)8-10)9-15(18)12-4-2-3-5-13(12)16/h2-8,15,18H,9H2,1H3. The average molecular weight is 281 g/mol. The van der Waals surface area contributed by atoms with Gasteiger partial charge in [-0.25, -0.2) is 0 Å². The van der Waals surface area contributed by atoms with E-state index in [1.807, 2.05) is 43.3 Å². The first kappa shape index (κ1) is 13.4. The van der Waals surface area contributed by atoms with E-state index < -0.39 is 6.10 Å². The molecule has 0 aromatic heterocycles. The van der Waals surface area contributed by atoms with Crippen LogP contribution < -0.4 is 0 Å². The molecule has 0 bridgehead atoms. The third kappa shape index (κ3) is 3.05. The molecule has 1 nitrogen and oxygen atoms in total. The summed E-state index contributed by atoms with van der Waals surface area (Å²) < 4.78 is 0. The molecule has 0 fully saturated rings. The Bertz CT molecular complexity index is 552. The fourth-order valence-electron chi connectivity index (χ4n) is 1.88. The van der Waals surface area contributed by atoms with E-state index in [-0.39, 0.29) is 0 Å². The molecule has 1 atom stereocenters. The summed E-state index contributed by atoms with van der Waals surface area (Å²) in [5.41, 5.74) is 2.77. The van der Waals surface area contributed by atoms with Gasteiger partial charge in [0.2, 0.25) is 0 Å². The van der Waals surface area contributed by atoms with Gasteiger partial charge in [0.1, 0.15) is 0 Å². The molecule has 1 unspecified atom stereocenters. The highest BCUT2D eigenvalue weighted by Crippen LogP contribution is 2.28. The lowest BCUT2D eigenvalue weighted by atomic mass is 10.0. The van der Waals surface area contributed by atoms with Gasteiger partial charge in [0.25, 0.3) is 0 Å². The molecule has 3 heteroatoms. The second-order valence-corrected chi connectivity index (χ2v) is 5.15. The van der Waals surface area contributed by atoms with Crippen molar-refractivity contribution >= 4 is 23.2 Å². The summed E-state index contributed by atoms with van der Waals surface area (Å²) in [6.45, 7) is 1.99. The second kappa shape index (κ2) is 5.75. The Kier molecular flexibility index (Phi) is 4.28. The molecule has 0 spiro atoms. The van der Waals surface area contributed by atoms with Crippen molar-refractivity contribution in [2.75, 3.05) is 0 Å². The van der Waals surface area contributed by atoms with Crippen LogP contribution in [0.3, 0.4) is 0 Å². The molecule has 2 aromatic carbocycles. The summed E-state index contributed by atoms with van der Waals surface area (Å²) in [5, 5.41) is 11.5. The van der Waals surface area contributed by atoms with E-state index in [0.29, 0.717) is 16.5 Å². The number of rotatable bonds is 3. The van der Waals surface area contributed by atoms with Crippen molar-refractivity contribution in [1.29, 1.82) is 0 Å². The van der Waals surface area contributed by atoms with Crippen molar-refractivity contribution < 1.29 is 5.11 Å². The number of halogens is 2. The Morgan fingerprint density at radius 1 is 1.06 bits per heavy atom. The van der Waals surface area contributed by atoms with Crippen LogP contribution in [0, 0.1) is 6.92 Å². The minimum atomic E-state index is -0.640. The van der Waals surface area contributed by atoms with Crippen molar-refractivity contribution in [2.24, 2.45) is 0 Å². The summed E-state index contributed by atoms with van der Waals surface area (Å²) in [6, 6.07) is 13.1. The third-order valence-corrected chi connectivity index (χ3v) is 3.58. The molecular weight excluding hydrogens is 267 g/mol. The topological polar surface area (TPSA) is 20.2 Å². The van der Waals surface area contributed by atoms with E-state index in [9.17, 15) is 5.11 Å². The molecule has 0 heterocycles. The summed E-state index contributed by atoms with van der Waals surface area (Å²) in [7, 11) is 0. The SMILES string of the molecule is Cc1ccc(CC(O)c2ccccc2Cl)c(Cl)c1. The van der Waals surface area contributed by atoms with Gasteiger partial charge in [0, 0.05) is 16.5 Å². The molecule has 18 heavy (non-hydrogen) atoms. The lowest BCUT2D eigenvalue weighted by molar-refractivity contribution is 0.178. The highest BCUT2D eigenvalue weighted by molar-refractivity contribution is 6.31. The van der Waals surface area contributed by atoms with Crippen LogP contribution in [0.4, 0.5) is 0 Å². The molecular formula is C15H14Cl2O. The van der Waals surface area contributed by atoms with Crippen LogP contribution in [0.15, 0.2) is 42.5 Å². The number of hydrogen-bond donors (Lipinski definition) is 1. The van der Waals surface area contributed by atoms with Crippen LogP contribution in [0.25, 0.3) is 0 Å². The maximum Gasteiger partial charge on any atom is 0.0845 e. The van der Waals surface area contributed by atoms with Gasteiger partial charge < -0.3 is 5.11 Å². The van der Waals surface area contributed by atoms with E-state index in [4.69, 9.17) is 23.2 Å². The predicted octanol–water partition coefficient (Wildman–Crippen LogP) is 4.58. The van der Waals surface area contributed by atoms with Crippen LogP contribution in [-0.2, 0) is 6.42 Å². The molecule has 1 N–H and O–H groups in total. The fourth-order valence-corrected chi connectivity index (χ4v) is 2.46. The van der Waals surface area contributed by atoms with E-state index in [1.165, 1.54) is 0 Å². The summed E-state index contributed by atoms with van der Waals surface area (Å²) in [5.74, 6) is 0. The monoisotopic (exact) mass is 280 g/mol. The minimum absolute atomic E-state index is 0.461. The number of benzene rings is 2. The molecule has 0 aliphatic heterocycles. The minimum Gasteiger partial charge on any atom is -0.388 e. The summed E-state index contributed by atoms with van der Waals surface area (Å²) in [4.78, 5) is 0. The van der Waals surface area contributed by atoms with Crippen LogP contribution in [0.1, 0.15) is 22.8 Å². The van der Waals surface area contributed by atoms with Gasteiger partial charge in [0.05, 0.1) is 6.10 Å². The number of aliphatic hydroxyl groups is 1. The van der Waals surface area contributed by atoms with Gasteiger partial charge in [-0.15, -0.1) is 0 Å². The van der Waals surface area contributed by atoms with Gasteiger partial charge in [-0.2, -0.15) is 0 Å². The first-order valence-electron chi connectivity index (χ1n) is 5.75. The van der Waals surface area contributed by atoms with E-state index >= 15 is 0 Å². The number of aryl methyl sites for hydroxylation is 1. The van der Waals surface area contributed by atoms with Crippen molar-refractivity contribution in [1.82, 2.24) is 0 Å². The van der Waals surface area contributed by atoms with Crippen LogP contribution in [0.5, 0.6) is 0 Å². The van der Waals surface area contributed by atoms with Crippen molar-refractivity contribution in [3.8, 4) is 0 Å². The van der Waals surface area contributed by atoms with Crippen LogP contribution in [-0.4, -0.2) is 5.11 Å². The molecule has 0 saturated carbocycles. The highest BCUT2D eigenvalue weighted by atomic mass is 35.5. The van der Waals surface area contributed by atoms with Crippen molar-refractivity contribution in [2.45, 2.75) is 19.4 Å². The first-order chi connectivity index (χ1) is 8.58. The average Bonchev–Trinajstić information content (AvgIpc) is 2.33. The Balaban J connectivity index is 2.21. The smallest absolute Gasteiger partial charge is 0.0845 e. The molecule has 2 rings (SSSR count). The third-order valence-electron chi connectivity index (χ3n) is 2.89. The van der Waals surface area contributed by atoms with Crippen molar-refractivity contribution in [3.63, 3.8) is 0 Å². The molecule has 0 saturated heterocycles. The number of aliphatic hydroxyl groups excluding tert-OH is 1. The lowest BCUT2D eigenvalue weighted by Gasteiger charge is -2.14. The maximum absolute atomic E-state index is 10.2. The Morgan fingerprint density at radius 2 is 1.78 bits per heavy atom. The Hall–Kier alpha value is -1.02. The van der Waals surface area contributed by atoms with E-state index in [2.05, 4.69) is 0 Å². The first-order valence-corrected chi connectivity index (χ1v) is 6.51. The molecule has 0 aliphatic rings. The molecule has 0 aliphatic carbocycles. The maximum atomic E-state index is 10.2. The zero-order valence-electron chi connectivity index (χ0n) is 10.0. The predicted molar refractivity (Wildman–Crippen MR) is 76.3 cm³/mol. The van der Waals surface area contributed by atoms with Gasteiger partial charge >= 0.3 is 0 Å². The van der Waals surface area contributed by atoms with Crippen molar-refractivity contribution in [3.05, 3.63) is 69.2 Å². The lowest BCUT2D eigenvalue weighted by Crippen LogP contribution is -2.03. The van der Waals surface area contributed by atoms with E-state index in [1.54, 1.807) is 6.07 Å². The Morgan fingerprint density at radius 3 is 2.44 bits per heavy atom. The quantitative estimate of drug-likeness (QED) is 0.873. The van der Waals surface area contributed by atoms with Crippen LogP contribution >= 0.6 is 23.2 Å². The zero-order valence-corrected chi connectivity index (χ0v) is 11.5. The molecule has 0 radical (unpaired) electrons. The van der Waals surface area contributed by atoms with Gasteiger partial charge in [-0.1, -0.05) is 53.5 Å². The molecule has 94 valence electrons. The second-order valence-electron chi connectivity index (χ2n) is 4.34.